The van der Waals surface area contributed by atoms with Gasteiger partial charge in [-0.25, -0.2) is 4.85 Å². The molecular weight excluding hydrogens is 761 g/mol. The molecular formula is C56H30N4O2. The van der Waals surface area contributed by atoms with Crippen molar-refractivity contribution in [1.29, 1.82) is 5.26 Å². The van der Waals surface area contributed by atoms with Gasteiger partial charge in [-0.3, -0.25) is 0 Å². The predicted octanol–water partition coefficient (Wildman–Crippen LogP) is 15.4. The molecule has 0 bridgehead atoms. The van der Waals surface area contributed by atoms with Gasteiger partial charge in [0.05, 0.1) is 56.3 Å². The highest BCUT2D eigenvalue weighted by atomic mass is 16.3. The Bertz CT molecular complexity index is 3850. The summed E-state index contributed by atoms with van der Waals surface area (Å²) in [5.74, 6) is 0. The van der Waals surface area contributed by atoms with Crippen molar-refractivity contribution >= 4 is 93.2 Å². The Morgan fingerprint density at radius 2 is 0.887 bits per heavy atom. The van der Waals surface area contributed by atoms with Crippen molar-refractivity contribution in [3.05, 3.63) is 199 Å². The molecule has 0 atom stereocenters. The minimum Gasteiger partial charge on any atom is -0.455 e. The van der Waals surface area contributed by atoms with Crippen LogP contribution in [-0.4, -0.2) is 9.13 Å². The molecule has 0 amide bonds. The van der Waals surface area contributed by atoms with Crippen molar-refractivity contribution in [2.45, 2.75) is 0 Å². The normalized spacial score (nSPS) is 11.8. The van der Waals surface area contributed by atoms with Crippen LogP contribution >= 0.6 is 0 Å². The largest absolute Gasteiger partial charge is 0.455 e. The number of benzene rings is 9. The maximum absolute atomic E-state index is 11.1. The highest BCUT2D eigenvalue weighted by molar-refractivity contribution is 6.26. The van der Waals surface area contributed by atoms with Crippen LogP contribution in [0.4, 0.5) is 5.69 Å². The molecule has 0 aliphatic heterocycles. The van der Waals surface area contributed by atoms with Gasteiger partial charge in [-0.15, -0.1) is 0 Å². The summed E-state index contributed by atoms with van der Waals surface area (Å²) in [7, 11) is 0. The first-order valence-electron chi connectivity index (χ1n) is 20.5. The molecule has 0 saturated heterocycles. The number of para-hydroxylation sites is 2. The molecule has 0 unspecified atom stereocenters. The second kappa shape index (κ2) is 12.8. The zero-order valence-electron chi connectivity index (χ0n) is 32.9. The number of aromatic nitrogens is 2. The van der Waals surface area contributed by atoms with E-state index in [1.807, 2.05) is 48.5 Å². The number of rotatable bonds is 4. The summed E-state index contributed by atoms with van der Waals surface area (Å²) >= 11 is 0. The first-order chi connectivity index (χ1) is 30.7. The summed E-state index contributed by atoms with van der Waals surface area (Å²) in [5.41, 5.74) is 13.1. The maximum Gasteiger partial charge on any atom is 0.212 e. The van der Waals surface area contributed by atoms with Crippen LogP contribution in [0, 0.1) is 17.9 Å². The lowest BCUT2D eigenvalue weighted by Crippen LogP contribution is -2.06. The fourth-order valence-corrected chi connectivity index (χ4v) is 9.87. The molecule has 62 heavy (non-hydrogen) atoms. The molecule has 0 saturated carbocycles. The molecule has 4 aromatic heterocycles. The number of hydrogen-bond acceptors (Lipinski definition) is 3. The molecule has 6 nitrogen and oxygen atoms in total. The Morgan fingerprint density at radius 3 is 1.39 bits per heavy atom. The van der Waals surface area contributed by atoms with E-state index in [0.29, 0.717) is 22.6 Å². The molecule has 13 rings (SSSR count). The number of nitrogens with zero attached hydrogens (tertiary/aromatic N) is 4. The van der Waals surface area contributed by atoms with Crippen LogP contribution in [0.1, 0.15) is 5.56 Å². The van der Waals surface area contributed by atoms with E-state index in [0.717, 1.165) is 110 Å². The van der Waals surface area contributed by atoms with E-state index in [9.17, 15) is 5.26 Å². The van der Waals surface area contributed by atoms with Gasteiger partial charge >= 0.3 is 0 Å². The molecule has 0 fully saturated rings. The first-order valence-corrected chi connectivity index (χ1v) is 20.5. The SMILES string of the molecule is [C-]#[N+]c1ccc(C#N)c(-n2c3ccc(-c4ccccc4)cc3c3c4oc5ccccc5c4ccc32)c1-n1c2ccc(-c3ccccc3)cc2c2c3oc4ccccc4c3ccc21. The van der Waals surface area contributed by atoms with E-state index in [1.165, 1.54) is 0 Å². The third-order valence-electron chi connectivity index (χ3n) is 12.6. The highest BCUT2D eigenvalue weighted by Crippen LogP contribution is 2.48. The molecule has 0 aliphatic carbocycles. The van der Waals surface area contributed by atoms with E-state index >= 15 is 0 Å². The van der Waals surface area contributed by atoms with Crippen LogP contribution in [0.2, 0.25) is 0 Å². The van der Waals surface area contributed by atoms with Gasteiger partial charge in [0.25, 0.3) is 0 Å². The van der Waals surface area contributed by atoms with E-state index in [1.54, 1.807) is 12.1 Å². The van der Waals surface area contributed by atoms with Gasteiger partial charge in [-0.1, -0.05) is 121 Å². The Labute approximate surface area is 353 Å². The van der Waals surface area contributed by atoms with E-state index < -0.39 is 0 Å². The van der Waals surface area contributed by atoms with E-state index in [4.69, 9.17) is 15.4 Å². The van der Waals surface area contributed by atoms with Crippen molar-refractivity contribution in [2.24, 2.45) is 0 Å². The van der Waals surface area contributed by atoms with Crippen molar-refractivity contribution in [3.63, 3.8) is 0 Å². The lowest BCUT2D eigenvalue weighted by Gasteiger charge is -2.20. The molecule has 4 heterocycles. The van der Waals surface area contributed by atoms with Gasteiger partial charge < -0.3 is 18.0 Å². The third-order valence-corrected chi connectivity index (χ3v) is 12.6. The molecule has 13 aromatic rings. The number of nitriles is 1. The number of hydrogen-bond donors (Lipinski definition) is 0. The van der Waals surface area contributed by atoms with Gasteiger partial charge in [0, 0.05) is 32.3 Å². The van der Waals surface area contributed by atoms with E-state index in [-0.39, 0.29) is 0 Å². The lowest BCUT2D eigenvalue weighted by molar-refractivity contribution is 0.672. The summed E-state index contributed by atoms with van der Waals surface area (Å²) in [6, 6.07) is 64.6. The van der Waals surface area contributed by atoms with Crippen LogP contribution < -0.4 is 0 Å². The van der Waals surface area contributed by atoms with Crippen LogP contribution in [0.5, 0.6) is 0 Å². The molecule has 0 spiro atoms. The Hall–Kier alpha value is -8.84. The number of fused-ring (bicyclic) bond motifs is 14. The lowest BCUT2D eigenvalue weighted by atomic mass is 10.0. The number of furan rings is 2. The Kier molecular flexibility index (Phi) is 7.05. The zero-order chi connectivity index (χ0) is 41.1. The molecule has 0 N–H and O–H groups in total. The standard InChI is InChI=1S/C56H30N4O2/c1-58-44-25-20-37(32-57)53(59-45-26-21-35(33-12-4-2-5-13-33)30-42(45)51-47(59)28-23-40-38-16-8-10-18-49(38)61-55(40)51)54(44)60-46-27-22-36(34-14-6-3-7-15-34)31-43(46)52-48(60)29-24-41-39-17-9-11-19-50(39)62-56(41)52/h2-31H. The fraction of sp³-hybridized carbons (Fsp3) is 0. The fourth-order valence-electron chi connectivity index (χ4n) is 9.87. The molecule has 6 heteroatoms. The molecule has 0 radical (unpaired) electrons. The van der Waals surface area contributed by atoms with Crippen LogP contribution in [0.15, 0.2) is 191 Å². The van der Waals surface area contributed by atoms with Crippen molar-refractivity contribution in [2.75, 3.05) is 0 Å². The Morgan fingerprint density at radius 1 is 0.419 bits per heavy atom. The van der Waals surface area contributed by atoms with Crippen molar-refractivity contribution < 1.29 is 8.83 Å². The molecule has 9 aromatic carbocycles. The third kappa shape index (κ3) is 4.66. The second-order valence-electron chi connectivity index (χ2n) is 15.8. The van der Waals surface area contributed by atoms with Crippen molar-refractivity contribution in [3.8, 4) is 39.7 Å². The Balaban J connectivity index is 1.21. The quantitative estimate of drug-likeness (QED) is 0.167. The summed E-state index contributed by atoms with van der Waals surface area (Å²) < 4.78 is 17.9. The van der Waals surface area contributed by atoms with Crippen LogP contribution in [-0.2, 0) is 0 Å². The maximum atomic E-state index is 11.1. The van der Waals surface area contributed by atoms with Crippen LogP contribution in [0.25, 0.3) is 126 Å². The monoisotopic (exact) mass is 790 g/mol. The highest BCUT2D eigenvalue weighted by Gasteiger charge is 2.28. The van der Waals surface area contributed by atoms with Crippen molar-refractivity contribution in [1.82, 2.24) is 9.13 Å². The van der Waals surface area contributed by atoms with Gasteiger partial charge in [-0.2, -0.15) is 5.26 Å². The average Bonchev–Trinajstić information content (AvgIpc) is 4.08. The first kappa shape index (κ1) is 34.1. The smallest absolute Gasteiger partial charge is 0.212 e. The summed E-state index contributed by atoms with van der Waals surface area (Å²) in [6.45, 7) is 8.71. The summed E-state index contributed by atoms with van der Waals surface area (Å²) in [4.78, 5) is 4.21. The van der Waals surface area contributed by atoms with Gasteiger partial charge in [-0.05, 0) is 82.9 Å². The van der Waals surface area contributed by atoms with Gasteiger partial charge in [0.2, 0.25) is 5.69 Å². The minimum atomic E-state index is 0.412. The molecule has 0 aliphatic rings. The molecule has 286 valence electrons. The zero-order valence-corrected chi connectivity index (χ0v) is 32.9. The van der Waals surface area contributed by atoms with E-state index in [2.05, 4.69) is 141 Å². The second-order valence-corrected chi connectivity index (χ2v) is 15.8. The van der Waals surface area contributed by atoms with Gasteiger partial charge in [0.15, 0.2) is 0 Å². The average molecular weight is 791 g/mol. The van der Waals surface area contributed by atoms with Crippen LogP contribution in [0.3, 0.4) is 0 Å². The predicted molar refractivity (Wildman–Crippen MR) is 252 cm³/mol. The summed E-state index contributed by atoms with van der Waals surface area (Å²) in [5, 5.41) is 19.1. The topological polar surface area (TPSA) is 64.3 Å². The summed E-state index contributed by atoms with van der Waals surface area (Å²) in [6.07, 6.45) is 0. The minimum absolute atomic E-state index is 0.412. The van der Waals surface area contributed by atoms with Gasteiger partial charge in [0.1, 0.15) is 28.4 Å².